The van der Waals surface area contributed by atoms with Gasteiger partial charge < -0.3 is 10.1 Å². The lowest BCUT2D eigenvalue weighted by atomic mass is 9.95. The summed E-state index contributed by atoms with van der Waals surface area (Å²) in [5.41, 5.74) is 2.82. The first kappa shape index (κ1) is 21.5. The summed E-state index contributed by atoms with van der Waals surface area (Å²) in [6.07, 6.45) is 0. The van der Waals surface area contributed by atoms with E-state index in [9.17, 15) is 9.59 Å². The second-order valence-corrected chi connectivity index (χ2v) is 7.60. The highest BCUT2D eigenvalue weighted by Gasteiger charge is 2.25. The summed E-state index contributed by atoms with van der Waals surface area (Å²) in [7, 11) is 1.61. The third-order valence-electron chi connectivity index (χ3n) is 5.06. The molecule has 7 nitrogen and oxygen atoms in total. The third kappa shape index (κ3) is 3.94. The number of fused-ring (bicyclic) bond motifs is 1. The first-order valence-corrected chi connectivity index (χ1v) is 10.4. The number of nitrogens with zero attached hydrogens (tertiary/aromatic N) is 3. The minimum absolute atomic E-state index is 0.228. The number of aryl methyl sites for hydroxylation is 2. The molecular weight excluding hydrogens is 428 g/mol. The van der Waals surface area contributed by atoms with E-state index in [0.29, 0.717) is 44.4 Å². The molecule has 32 heavy (non-hydrogen) atoms. The van der Waals surface area contributed by atoms with Gasteiger partial charge in [0.2, 0.25) is 0 Å². The monoisotopic (exact) mass is 448 g/mol. The molecule has 2 heterocycles. The van der Waals surface area contributed by atoms with Gasteiger partial charge in [0.05, 0.1) is 23.3 Å². The maximum absolute atomic E-state index is 13.0. The molecule has 2 aromatic heterocycles. The number of halogens is 1. The van der Waals surface area contributed by atoms with Gasteiger partial charge in [0.1, 0.15) is 11.5 Å². The zero-order valence-corrected chi connectivity index (χ0v) is 18.6. The molecule has 0 aliphatic carbocycles. The molecule has 8 heteroatoms. The molecule has 0 unspecified atom stereocenters. The number of carbonyl (C=O) groups is 1. The van der Waals surface area contributed by atoms with Gasteiger partial charge in [0.15, 0.2) is 0 Å². The molecule has 4 rings (SSSR count). The van der Waals surface area contributed by atoms with Crippen molar-refractivity contribution in [3.63, 3.8) is 0 Å². The highest BCUT2D eigenvalue weighted by atomic mass is 35.5. The molecule has 0 spiro atoms. The van der Waals surface area contributed by atoms with Crippen LogP contribution in [0.4, 0.5) is 11.5 Å². The van der Waals surface area contributed by atoms with E-state index in [1.807, 2.05) is 30.3 Å². The van der Waals surface area contributed by atoms with E-state index in [-0.39, 0.29) is 6.61 Å². The van der Waals surface area contributed by atoms with Crippen molar-refractivity contribution < 1.29 is 9.53 Å². The number of pyridine rings is 1. The average molecular weight is 449 g/mol. The number of hydrogen-bond donors (Lipinski definition) is 1. The molecular formula is C24H21ClN4O3. The molecule has 0 saturated heterocycles. The van der Waals surface area contributed by atoms with Gasteiger partial charge in [-0.25, -0.2) is 14.6 Å². The zero-order chi connectivity index (χ0) is 22.8. The van der Waals surface area contributed by atoms with Crippen molar-refractivity contribution in [2.45, 2.75) is 13.8 Å². The Bertz CT molecular complexity index is 1370. The van der Waals surface area contributed by atoms with Gasteiger partial charge in [-0.05, 0) is 43.7 Å². The van der Waals surface area contributed by atoms with Crippen molar-refractivity contribution in [3.8, 4) is 11.1 Å². The second kappa shape index (κ2) is 8.80. The largest absolute Gasteiger partial charge is 0.462 e. The predicted octanol–water partition coefficient (Wildman–Crippen LogP) is 4.88. The van der Waals surface area contributed by atoms with Crippen LogP contribution in [0.5, 0.6) is 0 Å². The minimum Gasteiger partial charge on any atom is -0.462 e. The summed E-state index contributed by atoms with van der Waals surface area (Å²) < 4.78 is 6.71. The van der Waals surface area contributed by atoms with Crippen LogP contribution < -0.4 is 11.0 Å². The fraction of sp³-hybridized carbons (Fsp3) is 0.167. The first-order chi connectivity index (χ1) is 15.4. The van der Waals surface area contributed by atoms with Crippen LogP contribution in [0, 0.1) is 6.92 Å². The maximum Gasteiger partial charge on any atom is 0.350 e. The standard InChI is InChI=1S/C24H21ClN4O3/c1-4-32-23(30)18-14(2)26-22-20(19(18)15-8-6-5-7-9-15)21(28-24(31)29(22)3)27-17-12-10-16(25)11-13-17/h5-13H,4H2,1-3H3,(H,27,28,31). The average Bonchev–Trinajstić information content (AvgIpc) is 2.78. The van der Waals surface area contributed by atoms with E-state index in [2.05, 4.69) is 15.3 Å². The SMILES string of the molecule is CCOC(=O)c1c(C)nc2c(c(Nc3ccc(Cl)cc3)nc(=O)n2C)c1-c1ccccc1. The zero-order valence-electron chi connectivity index (χ0n) is 17.8. The Morgan fingerprint density at radius 1 is 1.09 bits per heavy atom. The lowest BCUT2D eigenvalue weighted by molar-refractivity contribution is 0.0526. The maximum atomic E-state index is 13.0. The van der Waals surface area contributed by atoms with Gasteiger partial charge in [-0.1, -0.05) is 41.9 Å². The number of aromatic nitrogens is 3. The highest BCUT2D eigenvalue weighted by molar-refractivity contribution is 6.30. The van der Waals surface area contributed by atoms with Gasteiger partial charge in [-0.15, -0.1) is 0 Å². The van der Waals surface area contributed by atoms with E-state index in [1.54, 1.807) is 45.2 Å². The Kier molecular flexibility index (Phi) is 5.92. The van der Waals surface area contributed by atoms with Crippen molar-refractivity contribution in [2.75, 3.05) is 11.9 Å². The summed E-state index contributed by atoms with van der Waals surface area (Å²) >= 11 is 6.01. The summed E-state index contributed by atoms with van der Waals surface area (Å²) in [6.45, 7) is 3.71. The summed E-state index contributed by atoms with van der Waals surface area (Å²) in [6, 6.07) is 16.5. The van der Waals surface area contributed by atoms with E-state index in [4.69, 9.17) is 16.3 Å². The molecule has 0 aliphatic heterocycles. The number of anilines is 2. The Balaban J connectivity index is 2.11. The van der Waals surface area contributed by atoms with Gasteiger partial charge in [-0.3, -0.25) is 4.57 Å². The second-order valence-electron chi connectivity index (χ2n) is 7.17. The van der Waals surface area contributed by atoms with Gasteiger partial charge >= 0.3 is 11.7 Å². The summed E-state index contributed by atoms with van der Waals surface area (Å²) in [5.74, 6) is -0.188. The van der Waals surface area contributed by atoms with Crippen LogP contribution in [0.1, 0.15) is 23.0 Å². The van der Waals surface area contributed by atoms with Crippen LogP contribution in [-0.4, -0.2) is 27.1 Å². The Morgan fingerprint density at radius 2 is 1.78 bits per heavy atom. The van der Waals surface area contributed by atoms with Crippen molar-refractivity contribution in [1.82, 2.24) is 14.5 Å². The lowest BCUT2D eigenvalue weighted by Gasteiger charge is -2.18. The Hall–Kier alpha value is -3.71. The molecule has 0 aliphatic rings. The molecule has 1 N–H and O–H groups in total. The third-order valence-corrected chi connectivity index (χ3v) is 5.31. The molecule has 2 aromatic carbocycles. The van der Waals surface area contributed by atoms with E-state index < -0.39 is 11.7 Å². The Morgan fingerprint density at radius 3 is 2.44 bits per heavy atom. The number of benzene rings is 2. The highest BCUT2D eigenvalue weighted by Crippen LogP contribution is 2.37. The fourth-order valence-electron chi connectivity index (χ4n) is 3.58. The van der Waals surface area contributed by atoms with Gasteiger partial charge in [0, 0.05) is 23.3 Å². The summed E-state index contributed by atoms with van der Waals surface area (Å²) in [5, 5.41) is 4.33. The normalized spacial score (nSPS) is 10.9. The number of ether oxygens (including phenoxy) is 1. The molecule has 0 bridgehead atoms. The fourth-order valence-corrected chi connectivity index (χ4v) is 3.71. The van der Waals surface area contributed by atoms with Crippen LogP contribution >= 0.6 is 11.6 Å². The molecule has 4 aromatic rings. The van der Waals surface area contributed by atoms with E-state index in [1.165, 1.54) is 4.57 Å². The van der Waals surface area contributed by atoms with Crippen LogP contribution in [0.3, 0.4) is 0 Å². The first-order valence-electron chi connectivity index (χ1n) is 10.1. The van der Waals surface area contributed by atoms with Crippen LogP contribution in [0.15, 0.2) is 59.4 Å². The van der Waals surface area contributed by atoms with Gasteiger partial charge in [0.25, 0.3) is 0 Å². The van der Waals surface area contributed by atoms with Crippen molar-refractivity contribution in [2.24, 2.45) is 7.05 Å². The quantitative estimate of drug-likeness (QED) is 0.438. The molecule has 0 saturated carbocycles. The number of rotatable bonds is 5. The summed E-state index contributed by atoms with van der Waals surface area (Å²) in [4.78, 5) is 34.5. The lowest BCUT2D eigenvalue weighted by Crippen LogP contribution is -2.24. The van der Waals surface area contributed by atoms with Crippen molar-refractivity contribution in [1.29, 1.82) is 0 Å². The number of hydrogen-bond acceptors (Lipinski definition) is 6. The van der Waals surface area contributed by atoms with E-state index >= 15 is 0 Å². The topological polar surface area (TPSA) is 86.1 Å². The molecule has 0 atom stereocenters. The smallest absolute Gasteiger partial charge is 0.350 e. The molecule has 0 radical (unpaired) electrons. The number of nitrogens with one attached hydrogen (secondary N) is 1. The number of esters is 1. The van der Waals surface area contributed by atoms with E-state index in [0.717, 1.165) is 5.56 Å². The van der Waals surface area contributed by atoms with Crippen LogP contribution in [0.2, 0.25) is 5.02 Å². The van der Waals surface area contributed by atoms with Gasteiger partial charge in [-0.2, -0.15) is 4.98 Å². The minimum atomic E-state index is -0.482. The molecule has 0 amide bonds. The molecule has 0 fully saturated rings. The van der Waals surface area contributed by atoms with Crippen LogP contribution in [-0.2, 0) is 11.8 Å². The predicted molar refractivity (Wildman–Crippen MR) is 126 cm³/mol. The van der Waals surface area contributed by atoms with Crippen molar-refractivity contribution in [3.05, 3.63) is 81.4 Å². The molecule has 162 valence electrons. The number of carbonyl (C=O) groups excluding carboxylic acids is 1. The van der Waals surface area contributed by atoms with Crippen LogP contribution in [0.25, 0.3) is 22.2 Å². The Labute approximate surface area is 189 Å². The van der Waals surface area contributed by atoms with Crippen molar-refractivity contribution >= 4 is 40.1 Å².